The van der Waals surface area contributed by atoms with Crippen molar-refractivity contribution >= 4 is 5.97 Å². The number of carboxylic acids is 1. The topological polar surface area (TPSA) is 66.8 Å². The summed E-state index contributed by atoms with van der Waals surface area (Å²) in [6.07, 6.45) is -1.28. The monoisotopic (exact) mass is 195 g/mol. The average Bonchev–Trinajstić information content (AvgIpc) is 2.19. The molecule has 1 radical (unpaired) electrons. The van der Waals surface area contributed by atoms with Gasteiger partial charge in [-0.1, -0.05) is 12.1 Å². The van der Waals surface area contributed by atoms with Gasteiger partial charge >= 0.3 is 5.97 Å². The van der Waals surface area contributed by atoms with Crippen molar-refractivity contribution in [1.82, 2.24) is 0 Å². The van der Waals surface area contributed by atoms with Gasteiger partial charge in [-0.2, -0.15) is 0 Å². The molecule has 1 aromatic rings. The molecule has 1 atom stereocenters. The molecule has 0 amide bonds. The molecule has 0 aliphatic rings. The lowest BCUT2D eigenvalue weighted by Crippen LogP contribution is -2.21. The first-order valence-electron chi connectivity index (χ1n) is 4.20. The quantitative estimate of drug-likeness (QED) is 0.725. The van der Waals surface area contributed by atoms with Crippen LogP contribution in [0.5, 0.6) is 5.75 Å². The van der Waals surface area contributed by atoms with Gasteiger partial charge in [0, 0.05) is 6.42 Å². The predicted octanol–water partition coefficient (Wildman–Crippen LogP) is 0.701. The number of aliphatic hydroxyl groups excluding tert-OH is 1. The van der Waals surface area contributed by atoms with E-state index in [1.807, 2.05) is 0 Å². The molecule has 4 nitrogen and oxygen atoms in total. The van der Waals surface area contributed by atoms with Gasteiger partial charge in [0.25, 0.3) is 0 Å². The van der Waals surface area contributed by atoms with E-state index < -0.39 is 12.1 Å². The normalized spacial score (nSPS) is 12.1. The summed E-state index contributed by atoms with van der Waals surface area (Å²) in [5.41, 5.74) is 0. The molecule has 0 aromatic heterocycles. The number of aliphatic carboxylic acids is 1. The Morgan fingerprint density at radius 3 is 2.71 bits per heavy atom. The van der Waals surface area contributed by atoms with Crippen LogP contribution in [0.15, 0.2) is 24.3 Å². The van der Waals surface area contributed by atoms with Crippen LogP contribution in [0, 0.1) is 6.07 Å². The molecule has 0 saturated heterocycles. The maximum atomic E-state index is 10.2. The molecule has 1 aromatic carbocycles. The number of carboxylic acid groups (broad SMARTS) is 1. The number of rotatable bonds is 5. The van der Waals surface area contributed by atoms with E-state index >= 15 is 0 Å². The minimum absolute atomic E-state index is 0.0773. The van der Waals surface area contributed by atoms with Gasteiger partial charge in [0.15, 0.2) is 6.10 Å². The van der Waals surface area contributed by atoms with E-state index in [0.29, 0.717) is 5.75 Å². The standard InChI is InChI=1S/C10H11O4/c11-9(10(12)13)6-7-14-8-4-2-1-3-5-8/h2-5,9,11H,6-7H2,(H,12,13). The Labute approximate surface area is 81.8 Å². The molecule has 0 aliphatic carbocycles. The highest BCUT2D eigenvalue weighted by molar-refractivity contribution is 5.71. The molecule has 0 spiro atoms. The number of aliphatic hydroxyl groups is 1. The second-order valence-electron chi connectivity index (χ2n) is 2.73. The van der Waals surface area contributed by atoms with Crippen LogP contribution in [-0.2, 0) is 4.79 Å². The van der Waals surface area contributed by atoms with Crippen molar-refractivity contribution in [1.29, 1.82) is 0 Å². The Morgan fingerprint density at radius 1 is 1.50 bits per heavy atom. The molecule has 0 heterocycles. The average molecular weight is 195 g/mol. The van der Waals surface area contributed by atoms with E-state index in [2.05, 4.69) is 6.07 Å². The van der Waals surface area contributed by atoms with Crippen LogP contribution in [0.3, 0.4) is 0 Å². The van der Waals surface area contributed by atoms with Gasteiger partial charge in [-0.15, -0.1) is 0 Å². The van der Waals surface area contributed by atoms with Crippen LogP contribution in [0.1, 0.15) is 6.42 Å². The molecule has 75 valence electrons. The van der Waals surface area contributed by atoms with E-state index in [9.17, 15) is 4.79 Å². The summed E-state index contributed by atoms with van der Waals surface area (Å²) in [5, 5.41) is 17.3. The number of carbonyl (C=O) groups is 1. The van der Waals surface area contributed by atoms with E-state index in [1.54, 1.807) is 24.3 Å². The molecule has 0 bridgehead atoms. The molecule has 0 aliphatic heterocycles. The minimum atomic E-state index is -1.36. The van der Waals surface area contributed by atoms with Gasteiger partial charge in [-0.3, -0.25) is 0 Å². The Balaban J connectivity index is 2.26. The van der Waals surface area contributed by atoms with Crippen LogP contribution >= 0.6 is 0 Å². The second-order valence-corrected chi connectivity index (χ2v) is 2.73. The van der Waals surface area contributed by atoms with Crippen molar-refractivity contribution in [2.75, 3.05) is 6.61 Å². The maximum absolute atomic E-state index is 10.2. The fourth-order valence-electron chi connectivity index (χ4n) is 0.880. The summed E-state index contributed by atoms with van der Waals surface area (Å²) in [6.45, 7) is 0.178. The summed E-state index contributed by atoms with van der Waals surface area (Å²) < 4.78 is 5.18. The summed E-state index contributed by atoms with van der Waals surface area (Å²) in [7, 11) is 0. The summed E-state index contributed by atoms with van der Waals surface area (Å²) in [4.78, 5) is 10.2. The van der Waals surface area contributed by atoms with Crippen molar-refractivity contribution in [3.05, 3.63) is 30.3 Å². The largest absolute Gasteiger partial charge is 0.493 e. The molecule has 0 saturated carbocycles. The third-order valence-corrected chi connectivity index (χ3v) is 1.63. The van der Waals surface area contributed by atoms with E-state index in [0.717, 1.165) is 0 Å². The SMILES string of the molecule is O=C(O)C(O)CCOc1cc[c]cc1. The first kappa shape index (κ1) is 10.5. The van der Waals surface area contributed by atoms with Gasteiger partial charge in [-0.05, 0) is 18.2 Å². The number of hydrogen-bond donors (Lipinski definition) is 2. The molecular weight excluding hydrogens is 184 g/mol. The predicted molar refractivity (Wildman–Crippen MR) is 49.0 cm³/mol. The Hall–Kier alpha value is -1.55. The first-order chi connectivity index (χ1) is 6.70. The zero-order valence-electron chi connectivity index (χ0n) is 7.51. The Morgan fingerprint density at radius 2 is 2.14 bits per heavy atom. The van der Waals surface area contributed by atoms with Crippen molar-refractivity contribution < 1.29 is 19.7 Å². The highest BCUT2D eigenvalue weighted by Crippen LogP contribution is 2.08. The number of ether oxygens (including phenoxy) is 1. The van der Waals surface area contributed by atoms with Crippen LogP contribution in [0.2, 0.25) is 0 Å². The van der Waals surface area contributed by atoms with Crippen molar-refractivity contribution in [2.24, 2.45) is 0 Å². The maximum Gasteiger partial charge on any atom is 0.332 e. The first-order valence-corrected chi connectivity index (χ1v) is 4.20. The number of hydrogen-bond acceptors (Lipinski definition) is 3. The van der Waals surface area contributed by atoms with E-state index in [1.165, 1.54) is 0 Å². The number of benzene rings is 1. The molecule has 14 heavy (non-hydrogen) atoms. The Kier molecular flexibility index (Phi) is 3.94. The third-order valence-electron chi connectivity index (χ3n) is 1.63. The lowest BCUT2D eigenvalue weighted by molar-refractivity contribution is -0.147. The molecule has 1 rings (SSSR count). The zero-order valence-corrected chi connectivity index (χ0v) is 7.51. The molecule has 0 fully saturated rings. The zero-order chi connectivity index (χ0) is 10.4. The summed E-state index contributed by atoms with van der Waals surface area (Å²) in [5.74, 6) is -0.587. The second kappa shape index (κ2) is 5.24. The van der Waals surface area contributed by atoms with E-state index in [4.69, 9.17) is 14.9 Å². The van der Waals surface area contributed by atoms with Gasteiger partial charge in [0.2, 0.25) is 0 Å². The fourth-order valence-corrected chi connectivity index (χ4v) is 0.880. The fraction of sp³-hybridized carbons (Fsp3) is 0.300. The van der Waals surface area contributed by atoms with Crippen molar-refractivity contribution in [3.63, 3.8) is 0 Å². The van der Waals surface area contributed by atoms with Crippen LogP contribution in [-0.4, -0.2) is 28.9 Å². The molecule has 2 N–H and O–H groups in total. The van der Waals surface area contributed by atoms with Crippen LogP contribution in [0.4, 0.5) is 0 Å². The molecule has 4 heteroatoms. The van der Waals surface area contributed by atoms with Crippen molar-refractivity contribution in [2.45, 2.75) is 12.5 Å². The lowest BCUT2D eigenvalue weighted by Gasteiger charge is -2.07. The summed E-state index contributed by atoms with van der Waals surface area (Å²) in [6, 6.07) is 9.65. The highest BCUT2D eigenvalue weighted by Gasteiger charge is 2.12. The molecule has 1 unspecified atom stereocenters. The minimum Gasteiger partial charge on any atom is -0.493 e. The van der Waals surface area contributed by atoms with Crippen molar-refractivity contribution in [3.8, 4) is 5.75 Å². The van der Waals surface area contributed by atoms with Gasteiger partial charge in [-0.25, -0.2) is 4.79 Å². The van der Waals surface area contributed by atoms with Gasteiger partial charge in [0.05, 0.1) is 6.61 Å². The van der Waals surface area contributed by atoms with E-state index in [-0.39, 0.29) is 13.0 Å². The van der Waals surface area contributed by atoms with Crippen LogP contribution in [0.25, 0.3) is 0 Å². The smallest absolute Gasteiger partial charge is 0.332 e. The molecular formula is C10H11O4. The van der Waals surface area contributed by atoms with Gasteiger partial charge < -0.3 is 14.9 Å². The summed E-state index contributed by atoms with van der Waals surface area (Å²) >= 11 is 0. The lowest BCUT2D eigenvalue weighted by atomic mass is 10.3. The third kappa shape index (κ3) is 3.45. The van der Waals surface area contributed by atoms with Crippen LogP contribution < -0.4 is 4.74 Å². The van der Waals surface area contributed by atoms with Gasteiger partial charge in [0.1, 0.15) is 5.75 Å². The Bertz CT molecular complexity index is 283. The highest BCUT2D eigenvalue weighted by atomic mass is 16.5.